The van der Waals surface area contributed by atoms with E-state index in [0.29, 0.717) is 17.6 Å². The van der Waals surface area contributed by atoms with E-state index in [1.165, 1.54) is 13.0 Å². The van der Waals surface area contributed by atoms with E-state index in [1.807, 2.05) is 0 Å². The SMILES string of the molecule is Cc1cc(NC(=O)COC(=O)[C@H](C)N2C(=O)[C@@H]3[C@H]4C=C[C@@H]([C@@H]5C[C@H]45)[C@H]3C2=O)no1. The van der Waals surface area contributed by atoms with E-state index in [2.05, 4.69) is 22.6 Å². The van der Waals surface area contributed by atoms with Gasteiger partial charge in [0, 0.05) is 6.07 Å². The van der Waals surface area contributed by atoms with E-state index in [1.54, 1.807) is 6.92 Å². The molecule has 2 bridgehead atoms. The first-order valence-corrected chi connectivity index (χ1v) is 9.82. The molecule has 1 aliphatic heterocycles. The van der Waals surface area contributed by atoms with Gasteiger partial charge >= 0.3 is 5.97 Å². The zero-order chi connectivity index (χ0) is 20.4. The summed E-state index contributed by atoms with van der Waals surface area (Å²) in [5.74, 6) is -0.780. The van der Waals surface area contributed by atoms with Gasteiger partial charge in [0.15, 0.2) is 12.4 Å². The van der Waals surface area contributed by atoms with Crippen LogP contribution in [0.5, 0.6) is 0 Å². The Labute approximate surface area is 166 Å². The smallest absolute Gasteiger partial charge is 0.329 e. The van der Waals surface area contributed by atoms with E-state index in [9.17, 15) is 19.2 Å². The minimum atomic E-state index is -1.07. The average Bonchev–Trinajstić information content (AvgIpc) is 3.37. The third-order valence-electron chi connectivity index (χ3n) is 6.67. The van der Waals surface area contributed by atoms with E-state index in [0.717, 1.165) is 11.3 Å². The second kappa shape index (κ2) is 6.27. The number of hydrogen-bond acceptors (Lipinski definition) is 7. The lowest BCUT2D eigenvalue weighted by Gasteiger charge is -2.37. The Morgan fingerprint density at radius 3 is 2.41 bits per heavy atom. The van der Waals surface area contributed by atoms with Crippen LogP contribution in [0.3, 0.4) is 0 Å². The van der Waals surface area contributed by atoms with Crippen LogP contribution < -0.4 is 5.32 Å². The highest BCUT2D eigenvalue weighted by Crippen LogP contribution is 2.65. The number of rotatable bonds is 5. The van der Waals surface area contributed by atoms with Crippen LogP contribution in [0.1, 0.15) is 19.1 Å². The van der Waals surface area contributed by atoms with Gasteiger partial charge in [0.1, 0.15) is 11.8 Å². The maximum absolute atomic E-state index is 13.0. The van der Waals surface area contributed by atoms with Crippen molar-refractivity contribution in [2.45, 2.75) is 26.3 Å². The second-order valence-corrected chi connectivity index (χ2v) is 8.36. The van der Waals surface area contributed by atoms with Crippen LogP contribution in [0.15, 0.2) is 22.7 Å². The van der Waals surface area contributed by atoms with Crippen LogP contribution in [0.2, 0.25) is 0 Å². The van der Waals surface area contributed by atoms with E-state index in [-0.39, 0.29) is 41.3 Å². The summed E-state index contributed by atoms with van der Waals surface area (Å²) in [4.78, 5) is 51.4. The van der Waals surface area contributed by atoms with Crippen LogP contribution in [-0.4, -0.2) is 46.4 Å². The third-order valence-corrected chi connectivity index (χ3v) is 6.67. The van der Waals surface area contributed by atoms with Crippen LogP contribution in [0, 0.1) is 42.4 Å². The number of nitrogens with one attached hydrogen (secondary N) is 1. The highest BCUT2D eigenvalue weighted by atomic mass is 16.5. The molecule has 0 unspecified atom stereocenters. The summed E-state index contributed by atoms with van der Waals surface area (Å²) in [6.07, 6.45) is 5.23. The number of likely N-dealkylation sites (tertiary alicyclic amines) is 1. The number of anilines is 1. The fourth-order valence-electron chi connectivity index (χ4n) is 5.33. The quantitative estimate of drug-likeness (QED) is 0.444. The first kappa shape index (κ1) is 18.1. The summed E-state index contributed by atoms with van der Waals surface area (Å²) >= 11 is 0. The molecule has 7 atom stereocenters. The van der Waals surface area contributed by atoms with Gasteiger partial charge in [-0.15, -0.1) is 0 Å². The number of allylic oxidation sites excluding steroid dienone is 2. The number of carbonyl (C=O) groups excluding carboxylic acids is 4. The summed E-state index contributed by atoms with van der Waals surface area (Å²) in [5.41, 5.74) is 0. The lowest BCUT2D eigenvalue weighted by molar-refractivity contribution is -0.159. The molecule has 3 fully saturated rings. The summed E-state index contributed by atoms with van der Waals surface area (Å²) in [5, 5.41) is 6.06. The summed E-state index contributed by atoms with van der Waals surface area (Å²) in [6, 6.07) is 0.455. The first-order valence-electron chi connectivity index (χ1n) is 9.82. The molecule has 2 saturated carbocycles. The molecule has 2 heterocycles. The van der Waals surface area contributed by atoms with Gasteiger partial charge < -0.3 is 14.6 Å². The molecule has 0 spiro atoms. The Balaban J connectivity index is 1.22. The second-order valence-electron chi connectivity index (χ2n) is 8.36. The number of hydrogen-bond donors (Lipinski definition) is 1. The maximum atomic E-state index is 13.0. The van der Waals surface area contributed by atoms with Crippen LogP contribution in [0.25, 0.3) is 0 Å². The number of esters is 1. The van der Waals surface area contributed by atoms with Gasteiger partial charge in [-0.25, -0.2) is 4.79 Å². The van der Waals surface area contributed by atoms with Crippen molar-refractivity contribution in [1.82, 2.24) is 10.1 Å². The van der Waals surface area contributed by atoms with Crippen molar-refractivity contribution in [3.8, 4) is 0 Å². The molecule has 5 aliphatic rings. The molecule has 0 aromatic carbocycles. The van der Waals surface area contributed by atoms with Crippen LogP contribution >= 0.6 is 0 Å². The highest BCUT2D eigenvalue weighted by molar-refractivity contribution is 6.08. The molecule has 6 rings (SSSR count). The number of aromatic nitrogens is 1. The molecule has 1 aromatic heterocycles. The Morgan fingerprint density at radius 1 is 1.24 bits per heavy atom. The van der Waals surface area contributed by atoms with Gasteiger partial charge in [-0.05, 0) is 43.9 Å². The lowest BCUT2D eigenvalue weighted by Crippen LogP contribution is -2.45. The van der Waals surface area contributed by atoms with Crippen molar-refractivity contribution in [1.29, 1.82) is 0 Å². The number of imide groups is 1. The zero-order valence-corrected chi connectivity index (χ0v) is 16.0. The Kier molecular flexibility index (Phi) is 3.91. The van der Waals surface area contributed by atoms with Crippen molar-refractivity contribution in [2.24, 2.45) is 35.5 Å². The van der Waals surface area contributed by atoms with Gasteiger partial charge in [-0.3, -0.25) is 19.3 Å². The van der Waals surface area contributed by atoms with Crippen LogP contribution in [0.4, 0.5) is 5.82 Å². The Bertz CT molecular complexity index is 916. The molecule has 9 nitrogen and oxygen atoms in total. The van der Waals surface area contributed by atoms with Crippen molar-refractivity contribution in [2.75, 3.05) is 11.9 Å². The third kappa shape index (κ3) is 2.71. The minimum absolute atomic E-state index is 0.0939. The molecule has 1 N–H and O–H groups in total. The average molecular weight is 399 g/mol. The highest BCUT2D eigenvalue weighted by Gasteiger charge is 2.67. The van der Waals surface area contributed by atoms with Crippen molar-refractivity contribution in [3.05, 3.63) is 24.0 Å². The van der Waals surface area contributed by atoms with Crippen molar-refractivity contribution in [3.63, 3.8) is 0 Å². The molecular weight excluding hydrogens is 378 g/mol. The van der Waals surface area contributed by atoms with Gasteiger partial charge in [-0.2, -0.15) is 0 Å². The van der Waals surface area contributed by atoms with Crippen LogP contribution in [-0.2, 0) is 23.9 Å². The molecule has 29 heavy (non-hydrogen) atoms. The van der Waals surface area contributed by atoms with Crippen molar-refractivity contribution >= 4 is 29.5 Å². The Morgan fingerprint density at radius 2 is 1.86 bits per heavy atom. The molecular formula is C20H21N3O6. The summed E-state index contributed by atoms with van der Waals surface area (Å²) in [7, 11) is 0. The largest absolute Gasteiger partial charge is 0.454 e. The van der Waals surface area contributed by atoms with E-state index >= 15 is 0 Å². The molecule has 4 aliphatic carbocycles. The standard InChI is InChI=1S/C20H21N3O6/c1-8-5-14(22-29-8)21-15(24)7-28-20(27)9(2)23-18(25)16-10-3-4-11(13-6-12(10)13)17(16)19(23)26/h3-5,9-13,16-17H,6-7H2,1-2H3,(H,21,22,24)/t9-,10-,11-,12-,13+,16+,17+/m0/s1. The lowest BCUT2D eigenvalue weighted by atomic mass is 9.63. The first-order chi connectivity index (χ1) is 13.9. The molecule has 152 valence electrons. The predicted octanol–water partition coefficient (Wildman–Crippen LogP) is 0.906. The zero-order valence-electron chi connectivity index (χ0n) is 16.0. The number of carbonyl (C=O) groups is 4. The minimum Gasteiger partial charge on any atom is -0.454 e. The maximum Gasteiger partial charge on any atom is 0.329 e. The molecule has 9 heteroatoms. The molecule has 1 saturated heterocycles. The van der Waals surface area contributed by atoms with Gasteiger partial charge in [-0.1, -0.05) is 17.3 Å². The predicted molar refractivity (Wildman–Crippen MR) is 96.8 cm³/mol. The van der Waals surface area contributed by atoms with E-state index in [4.69, 9.17) is 9.26 Å². The number of amides is 3. The van der Waals surface area contributed by atoms with E-state index < -0.39 is 24.5 Å². The molecule has 1 aromatic rings. The monoisotopic (exact) mass is 399 g/mol. The summed E-state index contributed by atoms with van der Waals surface area (Å²) in [6.45, 7) is 2.59. The number of ether oxygens (including phenoxy) is 1. The van der Waals surface area contributed by atoms with Crippen molar-refractivity contribution < 1.29 is 28.4 Å². The van der Waals surface area contributed by atoms with Gasteiger partial charge in [0.25, 0.3) is 5.91 Å². The normalized spacial score (nSPS) is 34.6. The number of nitrogens with zero attached hydrogens (tertiary/aromatic N) is 2. The summed E-state index contributed by atoms with van der Waals surface area (Å²) < 4.78 is 9.88. The number of aryl methyl sites for hydroxylation is 1. The molecule has 3 amide bonds. The fourth-order valence-corrected chi connectivity index (χ4v) is 5.33. The Hall–Kier alpha value is -2.97. The van der Waals surface area contributed by atoms with Gasteiger partial charge in [0.2, 0.25) is 11.8 Å². The van der Waals surface area contributed by atoms with Gasteiger partial charge in [0.05, 0.1) is 11.8 Å². The molecule has 0 radical (unpaired) electrons. The fraction of sp³-hybridized carbons (Fsp3) is 0.550. The topological polar surface area (TPSA) is 119 Å².